The summed E-state index contributed by atoms with van der Waals surface area (Å²) in [5, 5.41) is 3.19. The highest BCUT2D eigenvalue weighted by Gasteiger charge is 2.14. The van der Waals surface area contributed by atoms with Gasteiger partial charge in [-0.3, -0.25) is 0 Å². The van der Waals surface area contributed by atoms with Crippen LogP contribution in [-0.4, -0.2) is 18.9 Å². The van der Waals surface area contributed by atoms with Crippen LogP contribution in [0.4, 0.5) is 0 Å². The second kappa shape index (κ2) is 3.71. The van der Waals surface area contributed by atoms with Gasteiger partial charge in [0, 0.05) is 0 Å². The van der Waals surface area contributed by atoms with Gasteiger partial charge in [-0.1, -0.05) is 6.92 Å². The summed E-state index contributed by atoms with van der Waals surface area (Å²) in [5.41, 5.74) is 0. The SMILES string of the molecule is C[C@H]1CCCNC(C=O)C1. The van der Waals surface area contributed by atoms with Gasteiger partial charge in [0.2, 0.25) is 0 Å². The van der Waals surface area contributed by atoms with Crippen molar-refractivity contribution in [2.75, 3.05) is 6.54 Å². The Labute approximate surface area is 62.0 Å². The molecule has 1 aliphatic heterocycles. The summed E-state index contributed by atoms with van der Waals surface area (Å²) in [5.74, 6) is 0.713. The molecule has 0 aromatic heterocycles. The van der Waals surface area contributed by atoms with Crippen molar-refractivity contribution < 1.29 is 4.79 Å². The van der Waals surface area contributed by atoms with Crippen molar-refractivity contribution >= 4 is 6.29 Å². The van der Waals surface area contributed by atoms with Crippen LogP contribution in [0.1, 0.15) is 26.2 Å². The number of carbonyl (C=O) groups excluding carboxylic acids is 1. The van der Waals surface area contributed by atoms with Crippen LogP contribution in [0.3, 0.4) is 0 Å². The maximum Gasteiger partial charge on any atom is 0.136 e. The Balaban J connectivity index is 2.37. The molecule has 1 rings (SSSR count). The summed E-state index contributed by atoms with van der Waals surface area (Å²) in [6.45, 7) is 3.22. The largest absolute Gasteiger partial charge is 0.308 e. The van der Waals surface area contributed by atoms with Gasteiger partial charge in [0.1, 0.15) is 6.29 Å². The number of hydrogen-bond acceptors (Lipinski definition) is 2. The molecule has 0 radical (unpaired) electrons. The van der Waals surface area contributed by atoms with Crippen LogP contribution in [0.2, 0.25) is 0 Å². The molecule has 1 aliphatic rings. The zero-order valence-corrected chi connectivity index (χ0v) is 6.47. The Morgan fingerprint density at radius 1 is 1.60 bits per heavy atom. The third kappa shape index (κ3) is 2.10. The smallest absolute Gasteiger partial charge is 0.136 e. The second-order valence-electron chi connectivity index (χ2n) is 3.18. The summed E-state index contributed by atoms with van der Waals surface area (Å²) in [6, 6.07) is 0.123. The van der Waals surface area contributed by atoms with Crippen LogP contribution in [0.15, 0.2) is 0 Å². The molecular weight excluding hydrogens is 126 g/mol. The molecule has 1 heterocycles. The minimum Gasteiger partial charge on any atom is -0.308 e. The molecule has 0 amide bonds. The predicted octanol–water partition coefficient (Wildman–Crippen LogP) is 0.964. The summed E-state index contributed by atoms with van der Waals surface area (Å²) in [4.78, 5) is 10.4. The molecule has 1 N–H and O–H groups in total. The van der Waals surface area contributed by atoms with E-state index >= 15 is 0 Å². The van der Waals surface area contributed by atoms with Gasteiger partial charge in [-0.2, -0.15) is 0 Å². The van der Waals surface area contributed by atoms with Gasteiger partial charge in [-0.05, 0) is 31.7 Å². The predicted molar refractivity (Wildman–Crippen MR) is 40.9 cm³/mol. The van der Waals surface area contributed by atoms with Crippen LogP contribution in [-0.2, 0) is 4.79 Å². The summed E-state index contributed by atoms with van der Waals surface area (Å²) >= 11 is 0. The Morgan fingerprint density at radius 3 is 3.10 bits per heavy atom. The van der Waals surface area contributed by atoms with Gasteiger partial charge in [-0.15, -0.1) is 0 Å². The van der Waals surface area contributed by atoms with Crippen molar-refractivity contribution in [3.8, 4) is 0 Å². The molecule has 10 heavy (non-hydrogen) atoms. The molecular formula is C8H15NO. The molecule has 0 spiro atoms. The topological polar surface area (TPSA) is 29.1 Å². The maximum absolute atomic E-state index is 10.4. The van der Waals surface area contributed by atoms with Crippen molar-refractivity contribution in [2.45, 2.75) is 32.2 Å². The molecule has 2 nitrogen and oxygen atoms in total. The van der Waals surface area contributed by atoms with E-state index in [-0.39, 0.29) is 6.04 Å². The van der Waals surface area contributed by atoms with E-state index < -0.39 is 0 Å². The molecule has 0 aromatic rings. The first kappa shape index (κ1) is 7.73. The highest BCUT2D eigenvalue weighted by Crippen LogP contribution is 2.14. The van der Waals surface area contributed by atoms with Crippen LogP contribution >= 0.6 is 0 Å². The first-order valence-electron chi connectivity index (χ1n) is 4.01. The highest BCUT2D eigenvalue weighted by molar-refractivity contribution is 5.57. The Hall–Kier alpha value is -0.370. The minimum absolute atomic E-state index is 0.123. The van der Waals surface area contributed by atoms with Crippen LogP contribution in [0.5, 0.6) is 0 Å². The van der Waals surface area contributed by atoms with Crippen molar-refractivity contribution in [3.05, 3.63) is 0 Å². The summed E-state index contributed by atoms with van der Waals surface area (Å²) in [7, 11) is 0. The van der Waals surface area contributed by atoms with E-state index in [2.05, 4.69) is 12.2 Å². The third-order valence-electron chi connectivity index (χ3n) is 2.10. The molecule has 1 saturated heterocycles. The Morgan fingerprint density at radius 2 is 2.40 bits per heavy atom. The number of hydrogen-bond donors (Lipinski definition) is 1. The summed E-state index contributed by atoms with van der Waals surface area (Å²) in [6.07, 6.45) is 4.52. The molecule has 2 atom stereocenters. The van der Waals surface area contributed by atoms with Crippen molar-refractivity contribution in [2.24, 2.45) is 5.92 Å². The standard InChI is InChI=1S/C8H15NO/c1-7-3-2-4-9-8(5-7)6-10/h6-9H,2-5H2,1H3/t7-,8?/m0/s1. The maximum atomic E-state index is 10.4. The monoisotopic (exact) mass is 141 g/mol. The highest BCUT2D eigenvalue weighted by atomic mass is 16.1. The molecule has 1 fully saturated rings. The average molecular weight is 141 g/mol. The second-order valence-corrected chi connectivity index (χ2v) is 3.18. The van der Waals surface area contributed by atoms with Crippen molar-refractivity contribution in [1.29, 1.82) is 0 Å². The lowest BCUT2D eigenvalue weighted by atomic mass is 10.0. The van der Waals surface area contributed by atoms with Crippen LogP contribution in [0, 0.1) is 5.92 Å². The average Bonchev–Trinajstić information content (AvgIpc) is 2.13. The lowest BCUT2D eigenvalue weighted by molar-refractivity contribution is -0.109. The van der Waals surface area contributed by atoms with E-state index in [4.69, 9.17) is 0 Å². The van der Waals surface area contributed by atoms with E-state index in [1.807, 2.05) is 0 Å². The normalized spacial score (nSPS) is 34.9. The Kier molecular flexibility index (Phi) is 2.87. The van der Waals surface area contributed by atoms with Crippen molar-refractivity contribution in [3.63, 3.8) is 0 Å². The Bertz CT molecular complexity index is 114. The van der Waals surface area contributed by atoms with Crippen LogP contribution in [0.25, 0.3) is 0 Å². The number of aldehydes is 1. The zero-order valence-electron chi connectivity index (χ0n) is 6.47. The van der Waals surface area contributed by atoms with Gasteiger partial charge in [-0.25, -0.2) is 0 Å². The molecule has 0 aromatic carbocycles. The molecule has 58 valence electrons. The fraction of sp³-hybridized carbons (Fsp3) is 0.875. The minimum atomic E-state index is 0.123. The number of rotatable bonds is 1. The van der Waals surface area contributed by atoms with Crippen LogP contribution < -0.4 is 5.32 Å². The first-order chi connectivity index (χ1) is 4.83. The fourth-order valence-electron chi connectivity index (χ4n) is 1.48. The molecule has 0 bridgehead atoms. The van der Waals surface area contributed by atoms with E-state index in [9.17, 15) is 4.79 Å². The third-order valence-corrected chi connectivity index (χ3v) is 2.10. The zero-order chi connectivity index (χ0) is 7.40. The first-order valence-corrected chi connectivity index (χ1v) is 4.01. The molecule has 2 heteroatoms. The molecule has 1 unspecified atom stereocenters. The lowest BCUT2D eigenvalue weighted by Crippen LogP contribution is -2.30. The van der Waals surface area contributed by atoms with E-state index in [1.165, 1.54) is 12.8 Å². The van der Waals surface area contributed by atoms with Gasteiger partial charge >= 0.3 is 0 Å². The van der Waals surface area contributed by atoms with Gasteiger partial charge < -0.3 is 10.1 Å². The molecule has 0 saturated carbocycles. The van der Waals surface area contributed by atoms with Gasteiger partial charge in [0.05, 0.1) is 6.04 Å². The van der Waals surface area contributed by atoms with Crippen molar-refractivity contribution in [1.82, 2.24) is 5.32 Å². The fourth-order valence-corrected chi connectivity index (χ4v) is 1.48. The van der Waals surface area contributed by atoms with E-state index in [0.29, 0.717) is 5.92 Å². The molecule has 0 aliphatic carbocycles. The number of nitrogens with one attached hydrogen (secondary N) is 1. The quantitative estimate of drug-likeness (QED) is 0.551. The van der Waals surface area contributed by atoms with E-state index in [1.54, 1.807) is 0 Å². The van der Waals surface area contributed by atoms with E-state index in [0.717, 1.165) is 19.3 Å². The van der Waals surface area contributed by atoms with Gasteiger partial charge in [0.25, 0.3) is 0 Å². The number of carbonyl (C=O) groups is 1. The lowest BCUT2D eigenvalue weighted by Gasteiger charge is -2.09. The van der Waals surface area contributed by atoms with Gasteiger partial charge in [0.15, 0.2) is 0 Å². The summed E-state index contributed by atoms with van der Waals surface area (Å²) < 4.78 is 0.